The van der Waals surface area contributed by atoms with Crippen LogP contribution in [0, 0.1) is 5.92 Å². The fourth-order valence-corrected chi connectivity index (χ4v) is 3.38. The Bertz CT molecular complexity index is 554. The number of aliphatic hydroxyl groups excluding tert-OH is 1. The van der Waals surface area contributed by atoms with Gasteiger partial charge in [-0.2, -0.15) is 0 Å². The molecule has 0 heterocycles. The van der Waals surface area contributed by atoms with Crippen molar-refractivity contribution in [1.29, 1.82) is 0 Å². The lowest BCUT2D eigenvalue weighted by Gasteiger charge is -2.34. The van der Waals surface area contributed by atoms with Gasteiger partial charge in [0.15, 0.2) is 0 Å². The Morgan fingerprint density at radius 3 is 2.56 bits per heavy atom. The molecule has 2 N–H and O–H groups in total. The molecule has 0 aromatic heterocycles. The molecule has 0 radical (unpaired) electrons. The van der Waals surface area contributed by atoms with Crippen molar-refractivity contribution in [3.05, 3.63) is 29.8 Å². The summed E-state index contributed by atoms with van der Waals surface area (Å²) in [6.45, 7) is 6.24. The number of nitrogens with zero attached hydrogens (tertiary/aromatic N) is 1. The van der Waals surface area contributed by atoms with Gasteiger partial charge in [-0.15, -0.1) is 0 Å². The summed E-state index contributed by atoms with van der Waals surface area (Å²) in [6, 6.07) is 8.00. The number of carbonyl (C=O) groups excluding carboxylic acids is 1. The summed E-state index contributed by atoms with van der Waals surface area (Å²) in [5.74, 6) is 1.22. The van der Waals surface area contributed by atoms with Crippen LogP contribution in [0.25, 0.3) is 0 Å². The topological polar surface area (TPSA) is 61.8 Å². The highest BCUT2D eigenvalue weighted by atomic mass is 16.5. The van der Waals surface area contributed by atoms with Gasteiger partial charge in [0, 0.05) is 19.7 Å². The van der Waals surface area contributed by atoms with E-state index in [4.69, 9.17) is 4.74 Å². The van der Waals surface area contributed by atoms with Crippen LogP contribution in [0.3, 0.4) is 0 Å². The van der Waals surface area contributed by atoms with Crippen molar-refractivity contribution >= 4 is 6.03 Å². The summed E-state index contributed by atoms with van der Waals surface area (Å²) in [6.07, 6.45) is 4.02. The standard InChI is InChI=1S/C20H32N2O3/c1-14(2)25-19-7-5-6-17(12-19)15(3)21-20(24)22(4)18-10-8-16(13-23)9-11-18/h5-7,12,14-16,18,23H,8-11,13H2,1-4H3,(H,21,24). The predicted octanol–water partition coefficient (Wildman–Crippen LogP) is 3.73. The van der Waals surface area contributed by atoms with Crippen LogP contribution < -0.4 is 10.1 Å². The summed E-state index contributed by atoms with van der Waals surface area (Å²) in [5.41, 5.74) is 1.03. The molecule has 1 aromatic carbocycles. The van der Waals surface area contributed by atoms with Gasteiger partial charge in [0.25, 0.3) is 0 Å². The fraction of sp³-hybridized carbons (Fsp3) is 0.650. The van der Waals surface area contributed by atoms with Crippen molar-refractivity contribution in [2.75, 3.05) is 13.7 Å². The number of amides is 2. The number of ether oxygens (including phenoxy) is 1. The van der Waals surface area contributed by atoms with E-state index in [1.807, 2.05) is 57.0 Å². The van der Waals surface area contributed by atoms with Gasteiger partial charge in [-0.25, -0.2) is 4.79 Å². The van der Waals surface area contributed by atoms with Gasteiger partial charge in [-0.05, 0) is 70.1 Å². The summed E-state index contributed by atoms with van der Waals surface area (Å²) in [4.78, 5) is 14.4. The van der Waals surface area contributed by atoms with Crippen LogP contribution in [0.1, 0.15) is 58.1 Å². The lowest BCUT2D eigenvalue weighted by molar-refractivity contribution is 0.133. The van der Waals surface area contributed by atoms with Crippen molar-refractivity contribution in [2.24, 2.45) is 5.92 Å². The first-order valence-electron chi connectivity index (χ1n) is 9.31. The van der Waals surface area contributed by atoms with Crippen LogP contribution in [-0.2, 0) is 0 Å². The average Bonchev–Trinajstić information content (AvgIpc) is 2.60. The van der Waals surface area contributed by atoms with Gasteiger partial charge in [-0.1, -0.05) is 12.1 Å². The van der Waals surface area contributed by atoms with Gasteiger partial charge in [0.2, 0.25) is 0 Å². The lowest BCUT2D eigenvalue weighted by Crippen LogP contribution is -2.45. The van der Waals surface area contributed by atoms with Gasteiger partial charge in [-0.3, -0.25) is 0 Å². The summed E-state index contributed by atoms with van der Waals surface area (Å²) in [5, 5.41) is 12.3. The van der Waals surface area contributed by atoms with E-state index >= 15 is 0 Å². The first-order valence-corrected chi connectivity index (χ1v) is 9.31. The molecule has 1 aliphatic carbocycles. The van der Waals surface area contributed by atoms with E-state index in [0.717, 1.165) is 37.0 Å². The van der Waals surface area contributed by atoms with E-state index in [-0.39, 0.29) is 30.8 Å². The molecule has 1 atom stereocenters. The monoisotopic (exact) mass is 348 g/mol. The number of urea groups is 1. The molecular formula is C20H32N2O3. The summed E-state index contributed by atoms with van der Waals surface area (Å²) < 4.78 is 5.73. The number of rotatable bonds is 6. The third kappa shape index (κ3) is 5.63. The van der Waals surface area contributed by atoms with E-state index in [1.165, 1.54) is 0 Å². The van der Waals surface area contributed by atoms with E-state index in [2.05, 4.69) is 5.32 Å². The number of hydrogen-bond donors (Lipinski definition) is 2. The lowest BCUT2D eigenvalue weighted by atomic mass is 9.86. The maximum absolute atomic E-state index is 12.6. The number of carbonyl (C=O) groups is 1. The van der Waals surface area contributed by atoms with Crippen molar-refractivity contribution in [3.8, 4) is 5.75 Å². The van der Waals surface area contributed by atoms with E-state index in [9.17, 15) is 9.90 Å². The van der Waals surface area contributed by atoms with Crippen LogP contribution in [-0.4, -0.2) is 41.8 Å². The molecule has 1 unspecified atom stereocenters. The second-order valence-electron chi connectivity index (χ2n) is 7.38. The molecule has 5 nitrogen and oxygen atoms in total. The first-order chi connectivity index (χ1) is 11.9. The first kappa shape index (κ1) is 19.6. The second kappa shape index (κ2) is 9.09. The van der Waals surface area contributed by atoms with E-state index < -0.39 is 0 Å². The summed E-state index contributed by atoms with van der Waals surface area (Å²) >= 11 is 0. The quantitative estimate of drug-likeness (QED) is 0.823. The number of nitrogens with one attached hydrogen (secondary N) is 1. The zero-order valence-electron chi connectivity index (χ0n) is 15.9. The number of hydrogen-bond acceptors (Lipinski definition) is 3. The molecule has 25 heavy (non-hydrogen) atoms. The third-order valence-electron chi connectivity index (χ3n) is 5.01. The zero-order chi connectivity index (χ0) is 18.4. The highest BCUT2D eigenvalue weighted by Crippen LogP contribution is 2.27. The second-order valence-corrected chi connectivity index (χ2v) is 7.38. The smallest absolute Gasteiger partial charge is 0.317 e. The SMILES string of the molecule is CC(C)Oc1cccc(C(C)NC(=O)N(C)C2CCC(CO)CC2)c1. The van der Waals surface area contributed by atoms with Crippen molar-refractivity contribution < 1.29 is 14.6 Å². The van der Waals surface area contributed by atoms with E-state index in [0.29, 0.717) is 5.92 Å². The molecule has 2 rings (SSSR count). The normalized spacial score (nSPS) is 21.7. The van der Waals surface area contributed by atoms with E-state index in [1.54, 1.807) is 0 Å². The van der Waals surface area contributed by atoms with Crippen LogP contribution in [0.15, 0.2) is 24.3 Å². The number of benzene rings is 1. The molecule has 0 spiro atoms. The largest absolute Gasteiger partial charge is 0.491 e. The van der Waals surface area contributed by atoms with Gasteiger partial charge in [0.05, 0.1) is 12.1 Å². The molecule has 5 heteroatoms. The van der Waals surface area contributed by atoms with Gasteiger partial charge < -0.3 is 20.1 Å². The van der Waals surface area contributed by atoms with Crippen molar-refractivity contribution in [3.63, 3.8) is 0 Å². The Morgan fingerprint density at radius 1 is 1.28 bits per heavy atom. The minimum Gasteiger partial charge on any atom is -0.491 e. The molecule has 0 bridgehead atoms. The molecular weight excluding hydrogens is 316 g/mol. The van der Waals surface area contributed by atoms with Crippen LogP contribution in [0.5, 0.6) is 5.75 Å². The molecule has 1 aliphatic rings. The maximum Gasteiger partial charge on any atom is 0.317 e. The highest BCUT2D eigenvalue weighted by Gasteiger charge is 2.26. The molecule has 2 amide bonds. The fourth-order valence-electron chi connectivity index (χ4n) is 3.38. The minimum absolute atomic E-state index is 0.0462. The highest BCUT2D eigenvalue weighted by molar-refractivity contribution is 5.74. The minimum atomic E-state index is -0.0838. The summed E-state index contributed by atoms with van der Waals surface area (Å²) in [7, 11) is 1.87. The number of aliphatic hydroxyl groups is 1. The Hall–Kier alpha value is -1.75. The van der Waals surface area contributed by atoms with Crippen molar-refractivity contribution in [2.45, 2.75) is 64.6 Å². The van der Waals surface area contributed by atoms with Crippen LogP contribution in [0.4, 0.5) is 4.79 Å². The van der Waals surface area contributed by atoms with Crippen LogP contribution in [0.2, 0.25) is 0 Å². The Labute approximate surface area is 151 Å². The maximum atomic E-state index is 12.6. The Balaban J connectivity index is 1.91. The third-order valence-corrected chi connectivity index (χ3v) is 5.01. The van der Waals surface area contributed by atoms with Crippen LogP contribution >= 0.6 is 0 Å². The van der Waals surface area contributed by atoms with Crippen molar-refractivity contribution in [1.82, 2.24) is 10.2 Å². The Kier molecular flexibility index (Phi) is 7.12. The molecule has 1 fully saturated rings. The molecule has 140 valence electrons. The van der Waals surface area contributed by atoms with Gasteiger partial charge in [0.1, 0.15) is 5.75 Å². The molecule has 0 saturated heterocycles. The molecule has 1 saturated carbocycles. The zero-order valence-corrected chi connectivity index (χ0v) is 15.9. The molecule has 0 aliphatic heterocycles. The molecule has 1 aromatic rings. The Morgan fingerprint density at radius 2 is 1.96 bits per heavy atom. The average molecular weight is 348 g/mol. The van der Waals surface area contributed by atoms with Gasteiger partial charge >= 0.3 is 6.03 Å². The predicted molar refractivity (Wildman–Crippen MR) is 99.7 cm³/mol.